The fourth-order valence-corrected chi connectivity index (χ4v) is 1.40. The fourth-order valence-electron chi connectivity index (χ4n) is 1.40. The smallest absolute Gasteiger partial charge is 0.0914 e. The molecule has 0 spiro atoms. The van der Waals surface area contributed by atoms with Crippen LogP contribution in [0.15, 0.2) is 0 Å². The molecular weight excluding hydrogens is 152 g/mol. The molecule has 0 aliphatic carbocycles. The maximum atomic E-state index is 5.88. The molecule has 1 heterocycles. The first-order chi connectivity index (χ1) is 5.26. The third-order valence-corrected chi connectivity index (χ3v) is 3.07. The molecule has 0 aromatic heterocycles. The van der Waals surface area contributed by atoms with E-state index >= 15 is 0 Å². The first-order valence-corrected chi connectivity index (χ1v) is 4.62. The van der Waals surface area contributed by atoms with Crippen molar-refractivity contribution in [3.05, 3.63) is 0 Å². The van der Waals surface area contributed by atoms with Gasteiger partial charge in [0.15, 0.2) is 0 Å². The number of rotatable bonds is 0. The average Bonchev–Trinajstić information content (AvgIpc) is 1.82. The van der Waals surface area contributed by atoms with Gasteiger partial charge in [0.1, 0.15) is 0 Å². The molecule has 0 bridgehead atoms. The summed E-state index contributed by atoms with van der Waals surface area (Å²) in [6.45, 7) is 12.4. The Hall–Kier alpha value is -0.0800. The lowest BCUT2D eigenvalue weighted by Crippen LogP contribution is -2.59. The van der Waals surface area contributed by atoms with Gasteiger partial charge in [0.2, 0.25) is 0 Å². The summed E-state index contributed by atoms with van der Waals surface area (Å²) in [6, 6.07) is 0. The minimum Gasteiger partial charge on any atom is -0.367 e. The van der Waals surface area contributed by atoms with Crippen molar-refractivity contribution in [2.24, 2.45) is 0 Å². The molecule has 12 heavy (non-hydrogen) atoms. The van der Waals surface area contributed by atoms with Crippen LogP contribution in [-0.4, -0.2) is 23.4 Å². The highest BCUT2D eigenvalue weighted by Crippen LogP contribution is 2.36. The van der Waals surface area contributed by atoms with Crippen molar-refractivity contribution in [3.8, 4) is 0 Å². The highest BCUT2D eigenvalue weighted by Gasteiger charge is 2.46. The van der Waals surface area contributed by atoms with Crippen molar-refractivity contribution in [3.63, 3.8) is 0 Å². The van der Waals surface area contributed by atoms with E-state index < -0.39 is 0 Å². The summed E-state index contributed by atoms with van der Waals surface area (Å²) < 4.78 is 11.8. The van der Waals surface area contributed by atoms with Crippen LogP contribution in [0.4, 0.5) is 0 Å². The summed E-state index contributed by atoms with van der Waals surface area (Å²) in [4.78, 5) is 0. The highest BCUT2D eigenvalue weighted by molar-refractivity contribution is 4.94. The molecule has 1 aliphatic heterocycles. The van der Waals surface area contributed by atoms with Gasteiger partial charge in [0, 0.05) is 0 Å². The maximum Gasteiger partial charge on any atom is 0.0914 e. The zero-order valence-electron chi connectivity index (χ0n) is 8.97. The third-order valence-electron chi connectivity index (χ3n) is 3.07. The maximum absolute atomic E-state index is 5.88. The van der Waals surface area contributed by atoms with Crippen LogP contribution in [0.1, 0.15) is 41.5 Å². The monoisotopic (exact) mass is 172 g/mol. The van der Waals surface area contributed by atoms with Gasteiger partial charge in [-0.2, -0.15) is 0 Å². The van der Waals surface area contributed by atoms with E-state index in [1.54, 1.807) is 0 Å². The molecule has 0 N–H and O–H groups in total. The van der Waals surface area contributed by atoms with Crippen LogP contribution in [-0.2, 0) is 9.47 Å². The van der Waals surface area contributed by atoms with Crippen molar-refractivity contribution < 1.29 is 9.47 Å². The Bertz CT molecular complexity index is 153. The van der Waals surface area contributed by atoms with E-state index in [1.807, 2.05) is 0 Å². The largest absolute Gasteiger partial charge is 0.367 e. The van der Waals surface area contributed by atoms with Gasteiger partial charge < -0.3 is 9.47 Å². The zero-order valence-corrected chi connectivity index (χ0v) is 8.97. The second-order valence-corrected chi connectivity index (χ2v) is 4.67. The van der Waals surface area contributed by atoms with E-state index in [0.717, 1.165) is 0 Å². The first kappa shape index (κ1) is 10.0. The fraction of sp³-hybridized carbons (Fsp3) is 1.00. The van der Waals surface area contributed by atoms with Crippen LogP contribution < -0.4 is 0 Å². The quantitative estimate of drug-likeness (QED) is 0.558. The van der Waals surface area contributed by atoms with Crippen molar-refractivity contribution in [2.75, 3.05) is 0 Å². The molecule has 0 radical (unpaired) electrons. The third kappa shape index (κ3) is 1.50. The van der Waals surface area contributed by atoms with Gasteiger partial charge >= 0.3 is 0 Å². The van der Waals surface area contributed by atoms with Crippen LogP contribution >= 0.6 is 0 Å². The lowest BCUT2D eigenvalue weighted by atomic mass is 9.87. The van der Waals surface area contributed by atoms with Gasteiger partial charge in [-0.1, -0.05) is 0 Å². The minimum atomic E-state index is -0.196. The minimum absolute atomic E-state index is 0.188. The molecule has 2 heteroatoms. The van der Waals surface area contributed by atoms with Crippen LogP contribution in [0.3, 0.4) is 0 Å². The molecular formula is C10H20O2. The van der Waals surface area contributed by atoms with E-state index in [9.17, 15) is 0 Å². The highest BCUT2D eigenvalue weighted by atomic mass is 16.6. The van der Waals surface area contributed by atoms with Gasteiger partial charge in [0.25, 0.3) is 0 Å². The Kier molecular flexibility index (Phi) is 2.26. The van der Waals surface area contributed by atoms with Gasteiger partial charge in [0.05, 0.1) is 23.4 Å². The summed E-state index contributed by atoms with van der Waals surface area (Å²) >= 11 is 0. The molecule has 0 saturated carbocycles. The molecule has 0 aromatic rings. The average molecular weight is 172 g/mol. The van der Waals surface area contributed by atoms with Crippen molar-refractivity contribution >= 4 is 0 Å². The molecule has 1 aliphatic rings. The standard InChI is InChI=1S/C10H20O2/c1-7-8(2)12-10(5,6)9(3,4)11-7/h7-8H,1-6H3/t7-,8-/m1/s1. The van der Waals surface area contributed by atoms with Crippen molar-refractivity contribution in [2.45, 2.75) is 65.0 Å². The van der Waals surface area contributed by atoms with Crippen LogP contribution in [0, 0.1) is 0 Å². The number of hydrogen-bond acceptors (Lipinski definition) is 2. The number of ether oxygens (including phenoxy) is 2. The lowest BCUT2D eigenvalue weighted by molar-refractivity contribution is -0.285. The van der Waals surface area contributed by atoms with Crippen molar-refractivity contribution in [1.82, 2.24) is 0 Å². The Balaban J connectivity index is 2.80. The van der Waals surface area contributed by atoms with Gasteiger partial charge in [-0.3, -0.25) is 0 Å². The normalized spacial score (nSPS) is 39.5. The van der Waals surface area contributed by atoms with Crippen LogP contribution in [0.2, 0.25) is 0 Å². The second-order valence-electron chi connectivity index (χ2n) is 4.67. The second kappa shape index (κ2) is 2.71. The predicted octanol–water partition coefficient (Wildman–Crippen LogP) is 2.37. The first-order valence-electron chi connectivity index (χ1n) is 4.62. The zero-order chi connectivity index (χ0) is 9.57. The van der Waals surface area contributed by atoms with Crippen LogP contribution in [0.25, 0.3) is 0 Å². The molecule has 0 aromatic carbocycles. The van der Waals surface area contributed by atoms with E-state index in [0.29, 0.717) is 0 Å². The molecule has 2 nitrogen and oxygen atoms in total. The Morgan fingerprint density at radius 1 is 0.750 bits per heavy atom. The molecule has 1 saturated heterocycles. The van der Waals surface area contributed by atoms with E-state index in [4.69, 9.17) is 9.47 Å². The summed E-state index contributed by atoms with van der Waals surface area (Å²) in [5, 5.41) is 0. The Morgan fingerprint density at radius 2 is 1.00 bits per heavy atom. The Labute approximate surface area is 75.2 Å². The predicted molar refractivity (Wildman–Crippen MR) is 49.3 cm³/mol. The topological polar surface area (TPSA) is 18.5 Å². The van der Waals surface area contributed by atoms with Gasteiger partial charge in [-0.05, 0) is 41.5 Å². The molecule has 0 amide bonds. The molecule has 0 unspecified atom stereocenters. The van der Waals surface area contributed by atoms with E-state index in [1.165, 1.54) is 0 Å². The SMILES string of the molecule is C[C@H]1OC(C)(C)C(C)(C)O[C@@H]1C. The number of hydrogen-bond donors (Lipinski definition) is 0. The molecule has 2 atom stereocenters. The van der Waals surface area contributed by atoms with E-state index in [-0.39, 0.29) is 23.4 Å². The Morgan fingerprint density at radius 3 is 1.25 bits per heavy atom. The van der Waals surface area contributed by atoms with Crippen LogP contribution in [0.5, 0.6) is 0 Å². The van der Waals surface area contributed by atoms with Crippen molar-refractivity contribution in [1.29, 1.82) is 0 Å². The summed E-state index contributed by atoms with van der Waals surface area (Å²) in [5.74, 6) is 0. The lowest BCUT2D eigenvalue weighted by Gasteiger charge is -2.50. The van der Waals surface area contributed by atoms with Gasteiger partial charge in [-0.25, -0.2) is 0 Å². The molecule has 72 valence electrons. The van der Waals surface area contributed by atoms with E-state index in [2.05, 4.69) is 41.5 Å². The molecule has 1 rings (SSSR count). The van der Waals surface area contributed by atoms with Gasteiger partial charge in [-0.15, -0.1) is 0 Å². The summed E-state index contributed by atoms with van der Waals surface area (Å²) in [7, 11) is 0. The molecule has 1 fully saturated rings. The summed E-state index contributed by atoms with van der Waals surface area (Å²) in [5.41, 5.74) is -0.391. The summed E-state index contributed by atoms with van der Waals surface area (Å²) in [6.07, 6.45) is 0.376.